The summed E-state index contributed by atoms with van der Waals surface area (Å²) < 4.78 is 3.36. The number of nitrogens with one attached hydrogen (secondary N) is 1. The molecule has 0 aliphatic carbocycles. The minimum absolute atomic E-state index is 0.941. The van der Waals surface area contributed by atoms with Gasteiger partial charge in [0.15, 0.2) is 0 Å². The smallest absolute Gasteiger partial charge is 0.0701 e. The summed E-state index contributed by atoms with van der Waals surface area (Å²) in [5.74, 6) is 0. The standard InChI is InChI=1S/C12H15BrN2S/c1-15-8-2-3-10(15)9-14-7-6-11-4-5-12(13)16-11/h2-5,8,14H,6-7,9H2,1H3. The first kappa shape index (κ1) is 11.9. The highest BCUT2D eigenvalue weighted by molar-refractivity contribution is 9.11. The van der Waals surface area contributed by atoms with Crippen LogP contribution in [0, 0.1) is 0 Å². The summed E-state index contributed by atoms with van der Waals surface area (Å²) in [6.45, 7) is 1.97. The van der Waals surface area contributed by atoms with Gasteiger partial charge in [-0.05, 0) is 46.6 Å². The quantitative estimate of drug-likeness (QED) is 0.839. The second-order valence-electron chi connectivity index (χ2n) is 3.74. The van der Waals surface area contributed by atoms with Crippen molar-refractivity contribution in [3.8, 4) is 0 Å². The van der Waals surface area contributed by atoms with Gasteiger partial charge in [0.05, 0.1) is 3.79 Å². The lowest BCUT2D eigenvalue weighted by Crippen LogP contribution is -2.17. The number of rotatable bonds is 5. The molecule has 2 heterocycles. The predicted octanol–water partition coefficient (Wildman–Crippen LogP) is 3.18. The summed E-state index contributed by atoms with van der Waals surface area (Å²) in [6.07, 6.45) is 3.17. The molecular formula is C12H15BrN2S. The molecule has 0 bridgehead atoms. The van der Waals surface area contributed by atoms with Crippen LogP contribution in [0.25, 0.3) is 0 Å². The number of hydrogen-bond donors (Lipinski definition) is 1. The summed E-state index contributed by atoms with van der Waals surface area (Å²) in [5, 5.41) is 3.46. The molecule has 0 aliphatic rings. The number of thiophene rings is 1. The van der Waals surface area contributed by atoms with Crippen molar-refractivity contribution in [3.63, 3.8) is 0 Å². The molecule has 0 spiro atoms. The van der Waals surface area contributed by atoms with Gasteiger partial charge >= 0.3 is 0 Å². The zero-order chi connectivity index (χ0) is 11.4. The SMILES string of the molecule is Cn1cccc1CNCCc1ccc(Br)s1. The Balaban J connectivity index is 1.71. The van der Waals surface area contributed by atoms with Gasteiger partial charge in [-0.1, -0.05) is 0 Å². The zero-order valence-corrected chi connectivity index (χ0v) is 11.6. The van der Waals surface area contributed by atoms with Crippen LogP contribution in [0.3, 0.4) is 0 Å². The summed E-state index contributed by atoms with van der Waals surface area (Å²) in [5.41, 5.74) is 1.33. The van der Waals surface area contributed by atoms with Crippen LogP contribution in [0.5, 0.6) is 0 Å². The average molecular weight is 299 g/mol. The van der Waals surface area contributed by atoms with E-state index < -0.39 is 0 Å². The lowest BCUT2D eigenvalue weighted by Gasteiger charge is -2.05. The van der Waals surface area contributed by atoms with Gasteiger partial charge in [0.1, 0.15) is 0 Å². The number of aromatic nitrogens is 1. The number of hydrogen-bond acceptors (Lipinski definition) is 2. The van der Waals surface area contributed by atoms with Crippen LogP contribution in [0.15, 0.2) is 34.2 Å². The van der Waals surface area contributed by atoms with Crippen LogP contribution in [-0.4, -0.2) is 11.1 Å². The summed E-state index contributed by atoms with van der Waals surface area (Å²) in [6, 6.07) is 8.51. The average Bonchev–Trinajstić information content (AvgIpc) is 2.83. The van der Waals surface area contributed by atoms with Crippen LogP contribution in [0.4, 0.5) is 0 Å². The summed E-state index contributed by atoms with van der Waals surface area (Å²) >= 11 is 5.29. The Bertz CT molecular complexity index is 447. The Kier molecular flexibility index (Phi) is 4.21. The topological polar surface area (TPSA) is 17.0 Å². The highest BCUT2D eigenvalue weighted by Crippen LogP contribution is 2.22. The molecule has 0 amide bonds. The Labute approximate surface area is 108 Å². The van der Waals surface area contributed by atoms with Gasteiger partial charge in [-0.3, -0.25) is 0 Å². The molecule has 1 N–H and O–H groups in total. The number of halogens is 1. The van der Waals surface area contributed by atoms with Gasteiger partial charge in [-0.15, -0.1) is 11.3 Å². The maximum Gasteiger partial charge on any atom is 0.0701 e. The molecule has 2 rings (SSSR count). The van der Waals surface area contributed by atoms with Gasteiger partial charge in [0, 0.05) is 36.9 Å². The van der Waals surface area contributed by atoms with E-state index in [1.807, 2.05) is 11.3 Å². The van der Waals surface area contributed by atoms with Crippen molar-refractivity contribution in [3.05, 3.63) is 44.8 Å². The number of aryl methyl sites for hydroxylation is 1. The lowest BCUT2D eigenvalue weighted by molar-refractivity contribution is 0.655. The van der Waals surface area contributed by atoms with E-state index in [-0.39, 0.29) is 0 Å². The lowest BCUT2D eigenvalue weighted by atomic mass is 10.3. The van der Waals surface area contributed by atoms with Crippen molar-refractivity contribution in [1.82, 2.24) is 9.88 Å². The second-order valence-corrected chi connectivity index (χ2v) is 6.29. The van der Waals surface area contributed by atoms with Crippen LogP contribution in [-0.2, 0) is 20.0 Å². The van der Waals surface area contributed by atoms with Crippen LogP contribution in [0.2, 0.25) is 0 Å². The van der Waals surface area contributed by atoms with Gasteiger partial charge < -0.3 is 9.88 Å². The van der Waals surface area contributed by atoms with E-state index >= 15 is 0 Å². The third-order valence-corrected chi connectivity index (χ3v) is 4.22. The van der Waals surface area contributed by atoms with Gasteiger partial charge in [0.2, 0.25) is 0 Å². The largest absolute Gasteiger partial charge is 0.353 e. The minimum atomic E-state index is 0.941. The fraction of sp³-hybridized carbons (Fsp3) is 0.333. The van der Waals surface area contributed by atoms with E-state index in [4.69, 9.17) is 0 Å². The Hall–Kier alpha value is -0.580. The van der Waals surface area contributed by atoms with Crippen molar-refractivity contribution < 1.29 is 0 Å². The third-order valence-electron chi connectivity index (χ3n) is 2.53. The summed E-state index contributed by atoms with van der Waals surface area (Å²) in [7, 11) is 2.08. The first-order valence-corrected chi connectivity index (χ1v) is 6.92. The fourth-order valence-corrected chi connectivity index (χ4v) is 3.08. The molecule has 0 aromatic carbocycles. The van der Waals surface area contributed by atoms with E-state index in [0.29, 0.717) is 0 Å². The van der Waals surface area contributed by atoms with E-state index in [9.17, 15) is 0 Å². The normalized spacial score (nSPS) is 10.9. The fourth-order valence-electron chi connectivity index (χ4n) is 1.59. The van der Waals surface area contributed by atoms with Gasteiger partial charge in [-0.25, -0.2) is 0 Å². The second kappa shape index (κ2) is 5.66. The molecular weight excluding hydrogens is 284 g/mol. The van der Waals surface area contributed by atoms with Gasteiger partial charge in [-0.2, -0.15) is 0 Å². The first-order valence-electron chi connectivity index (χ1n) is 5.31. The minimum Gasteiger partial charge on any atom is -0.353 e. The molecule has 0 fully saturated rings. The monoisotopic (exact) mass is 298 g/mol. The molecule has 0 saturated heterocycles. The number of nitrogens with zero attached hydrogens (tertiary/aromatic N) is 1. The molecule has 2 nitrogen and oxygen atoms in total. The van der Waals surface area contributed by atoms with Crippen molar-refractivity contribution in [2.45, 2.75) is 13.0 Å². The highest BCUT2D eigenvalue weighted by atomic mass is 79.9. The highest BCUT2D eigenvalue weighted by Gasteiger charge is 1.98. The Morgan fingerprint density at radius 2 is 2.25 bits per heavy atom. The van der Waals surface area contributed by atoms with E-state index in [0.717, 1.165) is 19.5 Å². The molecule has 0 radical (unpaired) electrons. The van der Waals surface area contributed by atoms with Crippen molar-refractivity contribution >= 4 is 27.3 Å². The maximum atomic E-state index is 3.48. The molecule has 2 aromatic heterocycles. The van der Waals surface area contributed by atoms with E-state index in [1.165, 1.54) is 14.4 Å². The van der Waals surface area contributed by atoms with Gasteiger partial charge in [0.25, 0.3) is 0 Å². The third kappa shape index (κ3) is 3.20. The van der Waals surface area contributed by atoms with Crippen molar-refractivity contribution in [1.29, 1.82) is 0 Å². The molecule has 0 saturated carbocycles. The molecule has 16 heavy (non-hydrogen) atoms. The predicted molar refractivity (Wildman–Crippen MR) is 72.8 cm³/mol. The molecule has 86 valence electrons. The molecule has 0 aliphatic heterocycles. The van der Waals surface area contributed by atoms with Crippen molar-refractivity contribution in [2.24, 2.45) is 7.05 Å². The molecule has 2 aromatic rings. The first-order chi connectivity index (χ1) is 7.75. The van der Waals surface area contributed by atoms with Crippen LogP contribution in [0.1, 0.15) is 10.6 Å². The van der Waals surface area contributed by atoms with Crippen molar-refractivity contribution in [2.75, 3.05) is 6.54 Å². The van der Waals surface area contributed by atoms with E-state index in [1.54, 1.807) is 0 Å². The Morgan fingerprint density at radius 1 is 1.38 bits per heavy atom. The molecule has 0 unspecified atom stereocenters. The molecule has 4 heteroatoms. The van der Waals surface area contributed by atoms with Crippen LogP contribution >= 0.6 is 27.3 Å². The maximum absolute atomic E-state index is 3.48. The Morgan fingerprint density at radius 3 is 2.88 bits per heavy atom. The van der Waals surface area contributed by atoms with E-state index in [2.05, 4.69) is 63.3 Å². The summed E-state index contributed by atoms with van der Waals surface area (Å²) in [4.78, 5) is 1.42. The molecule has 0 atom stereocenters. The zero-order valence-electron chi connectivity index (χ0n) is 9.24. The van der Waals surface area contributed by atoms with Crippen LogP contribution < -0.4 is 5.32 Å².